The number of para-hydroxylation sites is 1. The van der Waals surface area contributed by atoms with E-state index < -0.39 is 0 Å². The van der Waals surface area contributed by atoms with Crippen molar-refractivity contribution in [3.8, 4) is 39.7 Å². The maximum Gasteiger partial charge on any atom is 0.220 e. The summed E-state index contributed by atoms with van der Waals surface area (Å²) in [5, 5.41) is 21.1. The molecular weight excluding hydrogens is 805 g/mol. The van der Waals surface area contributed by atoms with Crippen LogP contribution in [-0.4, -0.2) is 9.13 Å². The first kappa shape index (κ1) is 35.7. The van der Waals surface area contributed by atoms with Crippen LogP contribution in [0.3, 0.4) is 0 Å². The van der Waals surface area contributed by atoms with Crippen molar-refractivity contribution in [2.75, 3.05) is 0 Å². The molecular formula is C57H32N4S2. The van der Waals surface area contributed by atoms with Gasteiger partial charge in [0.15, 0.2) is 0 Å². The molecule has 0 spiro atoms. The predicted octanol–water partition coefficient (Wildman–Crippen LogP) is 16.7. The van der Waals surface area contributed by atoms with Crippen molar-refractivity contribution in [2.24, 2.45) is 0 Å². The normalized spacial score (nSPS) is 11.9. The molecule has 0 atom stereocenters. The minimum absolute atomic E-state index is 0.437. The van der Waals surface area contributed by atoms with Gasteiger partial charge in [-0.1, -0.05) is 152 Å². The third-order valence-corrected chi connectivity index (χ3v) is 15.3. The fourth-order valence-electron chi connectivity index (χ4n) is 10.3. The number of aryl methyl sites for hydroxylation is 1. The average molecular weight is 837 g/mol. The third kappa shape index (κ3) is 4.88. The summed E-state index contributed by atoms with van der Waals surface area (Å²) in [5.41, 5.74) is 10.9. The molecule has 0 N–H and O–H groups in total. The lowest BCUT2D eigenvalue weighted by atomic mass is 9.88. The highest BCUT2D eigenvalue weighted by molar-refractivity contribution is 7.27. The molecule has 292 valence electrons. The van der Waals surface area contributed by atoms with Crippen LogP contribution in [0.2, 0.25) is 0 Å². The topological polar surface area (TPSA) is 38.0 Å². The first-order chi connectivity index (χ1) is 31.1. The Hall–Kier alpha value is -8.00. The zero-order valence-corrected chi connectivity index (χ0v) is 35.5. The number of nitriles is 1. The monoisotopic (exact) mass is 836 g/mol. The Labute approximate surface area is 369 Å². The van der Waals surface area contributed by atoms with Crippen LogP contribution in [0.4, 0.5) is 5.69 Å². The summed E-state index contributed by atoms with van der Waals surface area (Å²) in [6, 6.07) is 64.7. The summed E-state index contributed by atoms with van der Waals surface area (Å²) in [6.45, 7) is 11.5. The molecule has 0 aliphatic heterocycles. The van der Waals surface area contributed by atoms with Crippen molar-refractivity contribution < 1.29 is 0 Å². The highest BCUT2D eigenvalue weighted by Gasteiger charge is 2.33. The van der Waals surface area contributed by atoms with E-state index in [2.05, 4.69) is 166 Å². The lowest BCUT2D eigenvalue weighted by Crippen LogP contribution is -2.09. The van der Waals surface area contributed by atoms with E-state index >= 15 is 0 Å². The molecule has 4 nitrogen and oxygen atoms in total. The van der Waals surface area contributed by atoms with Crippen LogP contribution in [0, 0.1) is 24.8 Å². The number of aromatic nitrogens is 2. The lowest BCUT2D eigenvalue weighted by Gasteiger charge is -2.26. The lowest BCUT2D eigenvalue weighted by molar-refractivity contribution is 1.14. The minimum atomic E-state index is 0.437. The van der Waals surface area contributed by atoms with Crippen LogP contribution in [0.25, 0.3) is 122 Å². The van der Waals surface area contributed by atoms with Crippen molar-refractivity contribution >= 4 is 112 Å². The van der Waals surface area contributed by atoms with Gasteiger partial charge in [-0.3, -0.25) is 0 Å². The molecule has 0 aliphatic rings. The molecule has 9 aromatic carbocycles. The van der Waals surface area contributed by atoms with E-state index in [0.717, 1.165) is 86.6 Å². The molecule has 13 rings (SSSR count). The molecule has 4 aromatic heterocycles. The SMILES string of the molecule is [C-]#[N+]c1c(-c2ccccc2)c(C#N)c(-n2c3ccccc3c3c(C)cccc32)c(-c2ccccc2)c1-n1c2c(ccc3c4ccccc4sc32)c2ccc3c4ccccc4sc3c21. The summed E-state index contributed by atoms with van der Waals surface area (Å²) in [7, 11) is 0. The fourth-order valence-corrected chi connectivity index (χ4v) is 12.8. The Balaban J connectivity index is 1.37. The predicted molar refractivity (Wildman–Crippen MR) is 267 cm³/mol. The molecule has 0 saturated carbocycles. The van der Waals surface area contributed by atoms with Gasteiger partial charge in [0.25, 0.3) is 0 Å². The van der Waals surface area contributed by atoms with Crippen LogP contribution in [0.1, 0.15) is 11.1 Å². The number of thiophene rings is 2. The maximum absolute atomic E-state index is 11.8. The van der Waals surface area contributed by atoms with E-state index in [1.54, 1.807) is 22.7 Å². The van der Waals surface area contributed by atoms with Gasteiger partial charge >= 0.3 is 0 Å². The summed E-state index contributed by atoms with van der Waals surface area (Å²) in [5.74, 6) is 0. The van der Waals surface area contributed by atoms with Crippen LogP contribution in [-0.2, 0) is 0 Å². The molecule has 13 aromatic rings. The molecule has 0 aliphatic carbocycles. The van der Waals surface area contributed by atoms with Crippen LogP contribution >= 0.6 is 22.7 Å². The molecule has 0 saturated heterocycles. The van der Waals surface area contributed by atoms with E-state index in [4.69, 9.17) is 0 Å². The fraction of sp³-hybridized carbons (Fsp3) is 0.0175. The number of benzene rings is 9. The number of nitrogens with zero attached hydrogens (tertiary/aromatic N) is 4. The van der Waals surface area contributed by atoms with Gasteiger partial charge in [0.05, 0.1) is 55.0 Å². The van der Waals surface area contributed by atoms with Gasteiger partial charge in [-0.15, -0.1) is 22.7 Å². The first-order valence-corrected chi connectivity index (χ1v) is 22.6. The molecule has 63 heavy (non-hydrogen) atoms. The number of hydrogen-bond acceptors (Lipinski definition) is 3. The van der Waals surface area contributed by atoms with Gasteiger partial charge in [-0.2, -0.15) is 5.26 Å². The molecule has 0 unspecified atom stereocenters. The molecule has 0 bridgehead atoms. The van der Waals surface area contributed by atoms with Gasteiger partial charge in [-0.05, 0) is 47.9 Å². The zero-order valence-electron chi connectivity index (χ0n) is 33.8. The van der Waals surface area contributed by atoms with Gasteiger partial charge < -0.3 is 9.13 Å². The van der Waals surface area contributed by atoms with E-state index in [9.17, 15) is 11.8 Å². The molecule has 0 amide bonds. The van der Waals surface area contributed by atoms with Gasteiger partial charge in [0.2, 0.25) is 5.69 Å². The van der Waals surface area contributed by atoms with E-state index in [0.29, 0.717) is 16.8 Å². The summed E-state index contributed by atoms with van der Waals surface area (Å²) >= 11 is 3.61. The van der Waals surface area contributed by atoms with Gasteiger partial charge in [0.1, 0.15) is 6.07 Å². The van der Waals surface area contributed by atoms with Crippen LogP contribution in [0.15, 0.2) is 176 Å². The quantitative estimate of drug-likeness (QED) is 0.163. The molecule has 4 heterocycles. The van der Waals surface area contributed by atoms with Crippen LogP contribution < -0.4 is 0 Å². The second-order valence-electron chi connectivity index (χ2n) is 16.2. The van der Waals surface area contributed by atoms with Gasteiger partial charge in [0, 0.05) is 63.6 Å². The van der Waals surface area contributed by atoms with E-state index in [1.807, 2.05) is 36.4 Å². The molecule has 0 radical (unpaired) electrons. The highest BCUT2D eigenvalue weighted by Crippen LogP contribution is 2.55. The first-order valence-electron chi connectivity index (χ1n) is 20.9. The number of fused-ring (bicyclic) bond motifs is 14. The summed E-state index contributed by atoms with van der Waals surface area (Å²) in [4.78, 5) is 4.59. The minimum Gasteiger partial charge on any atom is -0.316 e. The Bertz CT molecular complexity index is 4040. The number of rotatable bonds is 4. The highest BCUT2D eigenvalue weighted by atomic mass is 32.1. The summed E-state index contributed by atoms with van der Waals surface area (Å²) in [6.07, 6.45) is 0. The third-order valence-electron chi connectivity index (χ3n) is 12.9. The van der Waals surface area contributed by atoms with Crippen molar-refractivity contribution in [3.63, 3.8) is 0 Å². The number of hydrogen-bond donors (Lipinski definition) is 0. The van der Waals surface area contributed by atoms with E-state index in [-0.39, 0.29) is 0 Å². The zero-order chi connectivity index (χ0) is 41.9. The van der Waals surface area contributed by atoms with Crippen molar-refractivity contribution in [2.45, 2.75) is 6.92 Å². The van der Waals surface area contributed by atoms with Crippen molar-refractivity contribution in [1.29, 1.82) is 5.26 Å². The van der Waals surface area contributed by atoms with Crippen LogP contribution in [0.5, 0.6) is 0 Å². The molecule has 0 fully saturated rings. The second-order valence-corrected chi connectivity index (χ2v) is 18.3. The standard InChI is InChI=1S/C57H32N4S2/c1-33-16-15-25-45-48(33)42-23-9-12-24-44(42)60(45)52-43(32-58)49(34-17-5-3-6-18-34)51(59-2)55(50(52)35-19-7-4-8-20-35)61-53-38(28-30-40-36-21-10-13-26-46(36)62-56(40)53)39-29-31-41-37-22-11-14-27-47(37)63-57(41)54(39)61/h3-31H,1H3. The largest absolute Gasteiger partial charge is 0.316 e. The Kier molecular flexibility index (Phi) is 7.66. The van der Waals surface area contributed by atoms with Crippen molar-refractivity contribution in [3.05, 3.63) is 198 Å². The average Bonchev–Trinajstić information content (AvgIpc) is 4.09. The summed E-state index contributed by atoms with van der Waals surface area (Å²) < 4.78 is 9.49. The van der Waals surface area contributed by atoms with Gasteiger partial charge in [-0.25, -0.2) is 4.85 Å². The maximum atomic E-state index is 11.8. The van der Waals surface area contributed by atoms with E-state index in [1.165, 1.54) is 30.9 Å². The molecule has 6 heteroatoms. The Morgan fingerprint density at radius 2 is 0.984 bits per heavy atom. The second kappa shape index (κ2) is 13.5. The Morgan fingerprint density at radius 1 is 0.476 bits per heavy atom. The Morgan fingerprint density at radius 3 is 1.57 bits per heavy atom. The smallest absolute Gasteiger partial charge is 0.220 e. The van der Waals surface area contributed by atoms with Crippen molar-refractivity contribution in [1.82, 2.24) is 9.13 Å².